The van der Waals surface area contributed by atoms with Gasteiger partial charge < -0.3 is 15.8 Å². The average molecular weight is 306 g/mol. The molecule has 0 radical (unpaired) electrons. The zero-order chi connectivity index (χ0) is 15.3. The van der Waals surface area contributed by atoms with Crippen molar-refractivity contribution in [3.05, 3.63) is 21.4 Å². The molecule has 5 heteroatoms. The molecule has 1 aliphatic heterocycles. The molecule has 2 heterocycles. The Morgan fingerprint density at radius 1 is 1.52 bits per heavy atom. The van der Waals surface area contributed by atoms with E-state index in [4.69, 9.17) is 10.5 Å². The van der Waals surface area contributed by atoms with Gasteiger partial charge in [0.2, 0.25) is 0 Å². The van der Waals surface area contributed by atoms with Crippen LogP contribution in [0.3, 0.4) is 0 Å². The van der Waals surface area contributed by atoms with Gasteiger partial charge in [-0.25, -0.2) is 0 Å². The molecule has 0 spiro atoms. The van der Waals surface area contributed by atoms with E-state index >= 15 is 0 Å². The normalized spacial score (nSPS) is 16.9. The number of nitrogens with two attached hydrogens (primary N) is 1. The van der Waals surface area contributed by atoms with Gasteiger partial charge in [0.05, 0.1) is 16.3 Å². The van der Waals surface area contributed by atoms with Gasteiger partial charge in [0.15, 0.2) is 0 Å². The van der Waals surface area contributed by atoms with Crippen molar-refractivity contribution in [1.29, 1.82) is 0 Å². The summed E-state index contributed by atoms with van der Waals surface area (Å²) in [5.41, 5.74) is 6.55. The van der Waals surface area contributed by atoms with Gasteiger partial charge in [0.1, 0.15) is 0 Å². The van der Waals surface area contributed by atoms with Crippen LogP contribution in [0.5, 0.6) is 0 Å². The van der Waals surface area contributed by atoms with Crippen LogP contribution in [-0.2, 0) is 4.74 Å². The van der Waals surface area contributed by atoms with E-state index in [9.17, 15) is 4.79 Å². The molecule has 0 unspecified atom stereocenters. The third kappa shape index (κ3) is 4.31. The molecule has 0 atom stereocenters. The lowest BCUT2D eigenvalue weighted by atomic mass is 9.82. The number of ether oxygens (including phenoxy) is 1. The highest BCUT2D eigenvalue weighted by atomic mass is 32.1. The van der Waals surface area contributed by atoms with Crippen molar-refractivity contribution >= 4 is 17.2 Å². The molecule has 0 saturated carbocycles. The molecule has 1 saturated heterocycles. The Labute approximate surface area is 130 Å². The minimum absolute atomic E-state index is 0.0170. The van der Waals surface area contributed by atoms with Crippen LogP contribution in [0, 0.1) is 24.2 Å². The summed E-state index contributed by atoms with van der Waals surface area (Å²) >= 11 is 1.43. The maximum Gasteiger partial charge on any atom is 0.261 e. The SMILES string of the molecule is Cc1cc(C(=O)NCC2(C)CCOCC2)sc1C#CCN. The first kappa shape index (κ1) is 16.0. The van der Waals surface area contributed by atoms with Crippen LogP contribution in [0.4, 0.5) is 0 Å². The van der Waals surface area contributed by atoms with E-state index in [0.717, 1.165) is 36.5 Å². The summed E-state index contributed by atoms with van der Waals surface area (Å²) in [6.45, 7) is 6.75. The Morgan fingerprint density at radius 3 is 2.90 bits per heavy atom. The molecule has 4 nitrogen and oxygen atoms in total. The van der Waals surface area contributed by atoms with Crippen molar-refractivity contribution in [3.63, 3.8) is 0 Å². The van der Waals surface area contributed by atoms with Gasteiger partial charge in [-0.3, -0.25) is 4.79 Å². The van der Waals surface area contributed by atoms with Crippen LogP contribution in [0.2, 0.25) is 0 Å². The molecule has 1 aromatic heterocycles. The van der Waals surface area contributed by atoms with Crippen molar-refractivity contribution in [2.75, 3.05) is 26.3 Å². The highest BCUT2D eigenvalue weighted by Crippen LogP contribution is 2.29. The summed E-state index contributed by atoms with van der Waals surface area (Å²) in [7, 11) is 0. The molecule has 21 heavy (non-hydrogen) atoms. The topological polar surface area (TPSA) is 64.3 Å². The lowest BCUT2D eigenvalue weighted by Crippen LogP contribution is -2.39. The molecule has 2 rings (SSSR count). The number of carbonyl (C=O) groups is 1. The first-order valence-corrected chi connectivity index (χ1v) is 8.01. The Kier molecular flexibility index (Phi) is 5.40. The molecule has 3 N–H and O–H groups in total. The number of thiophene rings is 1. The van der Waals surface area contributed by atoms with Crippen molar-refractivity contribution < 1.29 is 9.53 Å². The van der Waals surface area contributed by atoms with Crippen LogP contribution >= 0.6 is 11.3 Å². The first-order valence-electron chi connectivity index (χ1n) is 7.19. The summed E-state index contributed by atoms with van der Waals surface area (Å²) in [5.74, 6) is 5.82. The molecule has 1 aliphatic rings. The van der Waals surface area contributed by atoms with Gasteiger partial charge in [-0.1, -0.05) is 18.8 Å². The standard InChI is InChI=1S/C16H22N2O2S/c1-12-10-14(21-13(12)4-3-7-17)15(19)18-11-16(2)5-8-20-9-6-16/h10H,5-9,11,17H2,1-2H3,(H,18,19). The average Bonchev–Trinajstić information content (AvgIpc) is 2.85. The van der Waals surface area contributed by atoms with E-state index in [1.807, 2.05) is 13.0 Å². The van der Waals surface area contributed by atoms with Gasteiger partial charge in [-0.05, 0) is 36.8 Å². The van der Waals surface area contributed by atoms with Crippen molar-refractivity contribution in [1.82, 2.24) is 5.32 Å². The molecule has 1 fully saturated rings. The summed E-state index contributed by atoms with van der Waals surface area (Å²) in [6, 6.07) is 1.90. The second-order valence-corrected chi connectivity index (χ2v) is 6.79. The number of rotatable bonds is 3. The zero-order valence-corrected chi connectivity index (χ0v) is 13.4. The fourth-order valence-electron chi connectivity index (χ4n) is 2.27. The Balaban J connectivity index is 1.97. The Hall–Kier alpha value is -1.35. The second kappa shape index (κ2) is 7.08. The maximum atomic E-state index is 12.3. The van der Waals surface area contributed by atoms with Crippen LogP contribution in [0.1, 0.15) is 39.9 Å². The molecule has 0 bridgehead atoms. The largest absolute Gasteiger partial charge is 0.381 e. The molecule has 114 valence electrons. The summed E-state index contributed by atoms with van der Waals surface area (Å²) < 4.78 is 5.38. The first-order chi connectivity index (χ1) is 10.0. The van der Waals surface area contributed by atoms with E-state index in [0.29, 0.717) is 18.0 Å². The van der Waals surface area contributed by atoms with Crippen molar-refractivity contribution in [2.24, 2.45) is 11.1 Å². The molecule has 1 aromatic rings. The summed E-state index contributed by atoms with van der Waals surface area (Å²) in [4.78, 5) is 13.9. The molecular weight excluding hydrogens is 284 g/mol. The van der Waals surface area contributed by atoms with E-state index in [1.54, 1.807) is 0 Å². The Bertz CT molecular complexity index is 563. The Morgan fingerprint density at radius 2 is 2.24 bits per heavy atom. The summed E-state index contributed by atoms with van der Waals surface area (Å²) in [5, 5.41) is 3.05. The highest BCUT2D eigenvalue weighted by molar-refractivity contribution is 7.14. The third-order valence-corrected chi connectivity index (χ3v) is 4.97. The molecule has 1 amide bonds. The van der Waals surface area contributed by atoms with E-state index in [-0.39, 0.29) is 11.3 Å². The predicted octanol–water partition coefficient (Wildman–Crippen LogP) is 1.91. The third-order valence-electron chi connectivity index (χ3n) is 3.82. The van der Waals surface area contributed by atoms with Crippen LogP contribution < -0.4 is 11.1 Å². The van der Waals surface area contributed by atoms with Crippen LogP contribution in [0.25, 0.3) is 0 Å². The van der Waals surface area contributed by atoms with Crippen molar-refractivity contribution in [3.8, 4) is 11.8 Å². The second-order valence-electron chi connectivity index (χ2n) is 5.73. The van der Waals surface area contributed by atoms with E-state index in [2.05, 4.69) is 24.1 Å². The number of amides is 1. The number of carbonyl (C=O) groups excluding carboxylic acids is 1. The van der Waals surface area contributed by atoms with Crippen molar-refractivity contribution in [2.45, 2.75) is 26.7 Å². The lowest BCUT2D eigenvalue weighted by Gasteiger charge is -2.33. The lowest BCUT2D eigenvalue weighted by molar-refractivity contribution is 0.0239. The predicted molar refractivity (Wildman–Crippen MR) is 85.5 cm³/mol. The fourth-order valence-corrected chi connectivity index (χ4v) is 3.23. The van der Waals surface area contributed by atoms with E-state index in [1.165, 1.54) is 11.3 Å². The van der Waals surface area contributed by atoms with Gasteiger partial charge in [-0.2, -0.15) is 0 Å². The minimum Gasteiger partial charge on any atom is -0.381 e. The maximum absolute atomic E-state index is 12.3. The molecular formula is C16H22N2O2S. The van der Waals surface area contributed by atoms with E-state index < -0.39 is 0 Å². The smallest absolute Gasteiger partial charge is 0.261 e. The highest BCUT2D eigenvalue weighted by Gasteiger charge is 2.28. The van der Waals surface area contributed by atoms with Gasteiger partial charge >= 0.3 is 0 Å². The monoisotopic (exact) mass is 306 g/mol. The number of aryl methyl sites for hydroxylation is 1. The molecule has 0 aromatic carbocycles. The number of hydrogen-bond acceptors (Lipinski definition) is 4. The van der Waals surface area contributed by atoms with Crippen LogP contribution in [-0.4, -0.2) is 32.2 Å². The number of hydrogen-bond donors (Lipinski definition) is 2. The zero-order valence-electron chi connectivity index (χ0n) is 12.6. The van der Waals surface area contributed by atoms with Gasteiger partial charge in [-0.15, -0.1) is 11.3 Å². The number of nitrogens with one attached hydrogen (secondary N) is 1. The molecule has 0 aliphatic carbocycles. The van der Waals surface area contributed by atoms with Gasteiger partial charge in [0.25, 0.3) is 5.91 Å². The van der Waals surface area contributed by atoms with Gasteiger partial charge in [0, 0.05) is 19.8 Å². The fraction of sp³-hybridized carbons (Fsp3) is 0.562. The minimum atomic E-state index is -0.0170. The van der Waals surface area contributed by atoms with Crippen LogP contribution in [0.15, 0.2) is 6.07 Å². The quantitative estimate of drug-likeness (QED) is 0.839. The summed E-state index contributed by atoms with van der Waals surface area (Å²) in [6.07, 6.45) is 1.98.